The maximum atomic E-state index is 12.7. The van der Waals surface area contributed by atoms with E-state index in [1.54, 1.807) is 10.9 Å². The molecule has 0 unspecified atom stereocenters. The lowest BCUT2D eigenvalue weighted by Crippen LogP contribution is -2.17. The van der Waals surface area contributed by atoms with Gasteiger partial charge in [0.05, 0.1) is 6.33 Å². The summed E-state index contributed by atoms with van der Waals surface area (Å²) in [7, 11) is 0. The summed E-state index contributed by atoms with van der Waals surface area (Å²) < 4.78 is 3.80. The Hall–Kier alpha value is -2.31. The molecule has 0 saturated heterocycles. The molecule has 0 saturated carbocycles. The Morgan fingerprint density at radius 2 is 1.11 bits per heavy atom. The van der Waals surface area contributed by atoms with Crippen LogP contribution in [0.25, 0.3) is 22.7 Å². The number of unbranched alkanes of at least 4 members (excludes halogenated alkanes) is 18. The van der Waals surface area contributed by atoms with E-state index >= 15 is 0 Å². The molecule has 38 heavy (non-hydrogen) atoms. The molecule has 0 spiro atoms. The molecule has 0 bridgehead atoms. The molecule has 0 fully saturated rings. The highest BCUT2D eigenvalue weighted by molar-refractivity contribution is 5.84. The Balaban J connectivity index is 1.41. The van der Waals surface area contributed by atoms with Crippen LogP contribution in [0, 0.1) is 0 Å². The van der Waals surface area contributed by atoms with Gasteiger partial charge in [-0.1, -0.05) is 129 Å². The first-order chi connectivity index (χ1) is 18.8. The van der Waals surface area contributed by atoms with E-state index in [0.717, 1.165) is 31.5 Å². The zero-order chi connectivity index (χ0) is 26.8. The van der Waals surface area contributed by atoms with Crippen molar-refractivity contribution >= 4 is 11.2 Å². The molecule has 1 aromatic rings. The first-order valence-electron chi connectivity index (χ1n) is 15.8. The summed E-state index contributed by atoms with van der Waals surface area (Å²) >= 11 is 0. The number of aryl methyl sites for hydroxylation is 1. The molecule has 0 aromatic carbocycles. The average molecular weight is 525 g/mol. The zero-order valence-electron chi connectivity index (χ0n) is 24.3. The molecule has 0 atom stereocenters. The average Bonchev–Trinajstić information content (AvgIpc) is 3.40. The predicted octanol–water partition coefficient (Wildman–Crippen LogP) is 8.33. The Morgan fingerprint density at radius 1 is 0.605 bits per heavy atom. The second-order valence-corrected chi connectivity index (χ2v) is 11.1. The van der Waals surface area contributed by atoms with E-state index in [2.05, 4.69) is 38.4 Å². The van der Waals surface area contributed by atoms with Gasteiger partial charge in [-0.25, -0.2) is 19.7 Å². The van der Waals surface area contributed by atoms with Crippen molar-refractivity contribution in [2.45, 2.75) is 155 Å². The molecule has 0 radical (unpaired) electrons. The number of rotatable bonds is 22. The van der Waals surface area contributed by atoms with Crippen molar-refractivity contribution in [2.75, 3.05) is 0 Å². The number of fused-ring (bicyclic) bond motifs is 3. The molecule has 0 N–H and O–H groups in total. The standard InChI is InChI=1S/C31H52N6O/c1-3-5-7-9-11-13-14-15-16-17-19-21-23-36-26-34-27-28-30(33-25-32-29(27)36)37(31(38)35-28)24-22-20-18-12-10-8-6-4-2/h25-26H,3-24H2,1-2H3. The lowest BCUT2D eigenvalue weighted by Gasteiger charge is -2.04. The van der Waals surface area contributed by atoms with Gasteiger partial charge < -0.3 is 4.57 Å². The summed E-state index contributed by atoms with van der Waals surface area (Å²) in [5.74, 6) is 0.607. The number of hydrogen-bond acceptors (Lipinski definition) is 5. The second kappa shape index (κ2) is 18.1. The van der Waals surface area contributed by atoms with Crippen LogP contribution in [-0.4, -0.2) is 29.1 Å². The minimum atomic E-state index is -0.224. The van der Waals surface area contributed by atoms with Crippen LogP contribution in [0.1, 0.15) is 142 Å². The van der Waals surface area contributed by atoms with Crippen LogP contribution in [0.4, 0.5) is 0 Å². The van der Waals surface area contributed by atoms with E-state index in [1.165, 1.54) is 109 Å². The van der Waals surface area contributed by atoms with Crippen molar-refractivity contribution in [3.05, 3.63) is 23.1 Å². The largest absolute Gasteiger partial charge is 0.350 e. The Morgan fingerprint density at radius 3 is 1.66 bits per heavy atom. The molecule has 0 aliphatic carbocycles. The fourth-order valence-corrected chi connectivity index (χ4v) is 5.42. The Bertz CT molecular complexity index is 1060. The third-order valence-corrected chi connectivity index (χ3v) is 7.79. The summed E-state index contributed by atoms with van der Waals surface area (Å²) in [4.78, 5) is 30.7. The first kappa shape index (κ1) is 30.2. The molecule has 3 heterocycles. The van der Waals surface area contributed by atoms with E-state index in [4.69, 9.17) is 0 Å². The van der Waals surface area contributed by atoms with Gasteiger partial charge in [0.1, 0.15) is 17.5 Å². The fourth-order valence-electron chi connectivity index (χ4n) is 5.42. The zero-order valence-corrected chi connectivity index (χ0v) is 24.3. The van der Waals surface area contributed by atoms with Gasteiger partial charge in [-0.05, 0) is 12.8 Å². The van der Waals surface area contributed by atoms with Crippen LogP contribution in [0.15, 0.2) is 17.4 Å². The molecule has 212 valence electrons. The lowest BCUT2D eigenvalue weighted by atomic mass is 10.1. The highest BCUT2D eigenvalue weighted by Gasteiger charge is 2.20. The maximum Gasteiger partial charge on any atom is 0.350 e. The van der Waals surface area contributed by atoms with Crippen molar-refractivity contribution in [3.63, 3.8) is 0 Å². The van der Waals surface area contributed by atoms with Gasteiger partial charge in [0.2, 0.25) is 0 Å². The molecule has 7 heteroatoms. The van der Waals surface area contributed by atoms with Crippen molar-refractivity contribution in [3.8, 4) is 11.5 Å². The van der Waals surface area contributed by atoms with Crippen LogP contribution in [-0.2, 0) is 13.1 Å². The first-order valence-corrected chi connectivity index (χ1v) is 15.8. The number of imidazole rings is 2. The Labute approximate surface area is 230 Å². The van der Waals surface area contributed by atoms with Crippen LogP contribution < -0.4 is 5.69 Å². The van der Waals surface area contributed by atoms with Gasteiger partial charge in [0, 0.05) is 13.1 Å². The topological polar surface area (TPSA) is 78.5 Å². The van der Waals surface area contributed by atoms with Crippen molar-refractivity contribution < 1.29 is 0 Å². The summed E-state index contributed by atoms with van der Waals surface area (Å²) in [6, 6.07) is 0. The van der Waals surface area contributed by atoms with Gasteiger partial charge in [-0.3, -0.25) is 4.57 Å². The number of aromatic nitrogens is 6. The molecule has 1 aromatic heterocycles. The van der Waals surface area contributed by atoms with E-state index in [1.807, 2.05) is 6.33 Å². The van der Waals surface area contributed by atoms with Gasteiger partial charge in [-0.2, -0.15) is 4.98 Å². The fraction of sp³-hybridized carbons (Fsp3) is 0.774. The number of hydrogen-bond donors (Lipinski definition) is 0. The lowest BCUT2D eigenvalue weighted by molar-refractivity contribution is 0.530. The van der Waals surface area contributed by atoms with Gasteiger partial charge in [-0.15, -0.1) is 0 Å². The van der Waals surface area contributed by atoms with E-state index < -0.39 is 0 Å². The van der Waals surface area contributed by atoms with Crippen LogP contribution >= 0.6 is 0 Å². The monoisotopic (exact) mass is 524 g/mol. The summed E-state index contributed by atoms with van der Waals surface area (Å²) in [5, 5.41) is 0. The predicted molar refractivity (Wildman–Crippen MR) is 158 cm³/mol. The Kier molecular flexibility index (Phi) is 14.4. The highest BCUT2D eigenvalue weighted by atomic mass is 16.1. The van der Waals surface area contributed by atoms with Gasteiger partial charge in [0.15, 0.2) is 11.5 Å². The summed E-state index contributed by atoms with van der Waals surface area (Å²) in [6.07, 6.45) is 29.3. The molecule has 3 rings (SSSR count). The summed E-state index contributed by atoms with van der Waals surface area (Å²) in [5.41, 5.74) is 1.81. The maximum absolute atomic E-state index is 12.7. The molecule has 2 aliphatic heterocycles. The summed E-state index contributed by atoms with van der Waals surface area (Å²) in [6.45, 7) is 6.06. The van der Waals surface area contributed by atoms with Gasteiger partial charge in [0.25, 0.3) is 0 Å². The molecule has 0 amide bonds. The van der Waals surface area contributed by atoms with Gasteiger partial charge >= 0.3 is 5.69 Å². The van der Waals surface area contributed by atoms with Crippen molar-refractivity contribution in [1.82, 2.24) is 29.1 Å². The normalized spacial score (nSPS) is 11.7. The van der Waals surface area contributed by atoms with Crippen molar-refractivity contribution in [1.29, 1.82) is 0 Å². The highest BCUT2D eigenvalue weighted by Crippen LogP contribution is 2.23. The van der Waals surface area contributed by atoms with Crippen LogP contribution in [0.3, 0.4) is 0 Å². The molecular formula is C31H52N6O. The minimum Gasteiger partial charge on any atom is -0.315 e. The van der Waals surface area contributed by atoms with Crippen molar-refractivity contribution in [2.24, 2.45) is 0 Å². The van der Waals surface area contributed by atoms with E-state index in [9.17, 15) is 4.79 Å². The minimum absolute atomic E-state index is 0.224. The molecule has 2 aliphatic rings. The quantitative estimate of drug-likeness (QED) is 0.123. The van der Waals surface area contributed by atoms with Crippen LogP contribution in [0.2, 0.25) is 0 Å². The number of nitrogens with zero attached hydrogens (tertiary/aromatic N) is 6. The van der Waals surface area contributed by atoms with E-state index in [0.29, 0.717) is 23.6 Å². The SMILES string of the molecule is CCCCCCCCCCCCCCn1cnc2c3nc(=O)n(CCCCCCCCCC)c-3ncnc21. The molecular weight excluding hydrogens is 472 g/mol. The van der Waals surface area contributed by atoms with Crippen LogP contribution in [0.5, 0.6) is 0 Å². The third-order valence-electron chi connectivity index (χ3n) is 7.79. The van der Waals surface area contributed by atoms with E-state index in [-0.39, 0.29) is 5.69 Å². The third kappa shape index (κ3) is 9.77. The second-order valence-electron chi connectivity index (χ2n) is 11.1. The smallest absolute Gasteiger partial charge is 0.315 e. The molecule has 7 nitrogen and oxygen atoms in total.